The maximum atomic E-state index is 12.1. The summed E-state index contributed by atoms with van der Waals surface area (Å²) in [6.45, 7) is 0. The molecule has 0 aliphatic carbocycles. The van der Waals surface area contributed by atoms with E-state index in [0.717, 1.165) is 5.39 Å². The number of benzene rings is 2. The van der Waals surface area contributed by atoms with Gasteiger partial charge in [-0.25, -0.2) is 9.78 Å². The molecule has 3 aromatic rings. The highest BCUT2D eigenvalue weighted by Crippen LogP contribution is 2.33. The summed E-state index contributed by atoms with van der Waals surface area (Å²) >= 11 is 0. The van der Waals surface area contributed by atoms with Gasteiger partial charge in [-0.3, -0.25) is 5.32 Å². The first-order valence-electron chi connectivity index (χ1n) is 7.27. The van der Waals surface area contributed by atoms with E-state index >= 15 is 0 Å². The van der Waals surface area contributed by atoms with Gasteiger partial charge < -0.3 is 14.2 Å². The van der Waals surface area contributed by atoms with Crippen molar-refractivity contribution in [1.29, 1.82) is 0 Å². The van der Waals surface area contributed by atoms with Crippen LogP contribution in [0, 0.1) is 0 Å². The molecular weight excluding hydrogens is 308 g/mol. The minimum absolute atomic E-state index is 0.318. The number of pyridine rings is 1. The van der Waals surface area contributed by atoms with Crippen LogP contribution in [0.15, 0.2) is 54.6 Å². The van der Waals surface area contributed by atoms with Crippen LogP contribution in [0.25, 0.3) is 10.9 Å². The van der Waals surface area contributed by atoms with Gasteiger partial charge >= 0.3 is 6.09 Å². The molecule has 0 spiro atoms. The molecule has 6 heteroatoms. The van der Waals surface area contributed by atoms with Crippen molar-refractivity contribution in [3.63, 3.8) is 0 Å². The Hall–Kier alpha value is -3.28. The predicted molar refractivity (Wildman–Crippen MR) is 90.9 cm³/mol. The minimum Gasteiger partial charge on any atom is -0.496 e. The first-order chi connectivity index (χ1) is 11.7. The molecule has 1 amide bonds. The molecular formula is C18H16N2O4. The highest BCUT2D eigenvalue weighted by Gasteiger charge is 2.13. The first kappa shape index (κ1) is 15.6. The number of aromatic nitrogens is 1. The van der Waals surface area contributed by atoms with Crippen molar-refractivity contribution in [2.45, 2.75) is 0 Å². The maximum absolute atomic E-state index is 12.1. The summed E-state index contributed by atoms with van der Waals surface area (Å²) in [7, 11) is 3.10. The average Bonchev–Trinajstić information content (AvgIpc) is 2.62. The van der Waals surface area contributed by atoms with Crippen molar-refractivity contribution in [2.75, 3.05) is 19.5 Å². The lowest BCUT2D eigenvalue weighted by atomic mass is 10.2. The number of amides is 1. The second-order valence-corrected chi connectivity index (χ2v) is 4.90. The number of para-hydroxylation sites is 1. The molecule has 1 heterocycles. The zero-order valence-corrected chi connectivity index (χ0v) is 13.3. The predicted octanol–water partition coefficient (Wildman–Crippen LogP) is 3.86. The number of methoxy groups -OCH3 is 2. The van der Waals surface area contributed by atoms with Gasteiger partial charge in [0.05, 0.1) is 14.2 Å². The van der Waals surface area contributed by atoms with Crippen LogP contribution < -0.4 is 19.5 Å². The molecule has 0 radical (unpaired) electrons. The molecule has 0 unspecified atom stereocenters. The normalized spacial score (nSPS) is 10.2. The number of fused-ring (bicyclic) bond motifs is 1. The smallest absolute Gasteiger partial charge is 0.417 e. The van der Waals surface area contributed by atoms with Crippen LogP contribution in [0.4, 0.5) is 10.5 Å². The van der Waals surface area contributed by atoms with Crippen LogP contribution in [0.1, 0.15) is 0 Å². The largest absolute Gasteiger partial charge is 0.496 e. The van der Waals surface area contributed by atoms with Crippen LogP contribution in [-0.2, 0) is 0 Å². The van der Waals surface area contributed by atoms with Gasteiger partial charge in [-0.05, 0) is 30.3 Å². The van der Waals surface area contributed by atoms with E-state index in [1.165, 1.54) is 7.11 Å². The van der Waals surface area contributed by atoms with Crippen LogP contribution in [0.5, 0.6) is 17.4 Å². The highest BCUT2D eigenvalue weighted by atomic mass is 16.6. The number of anilines is 1. The molecule has 1 aromatic heterocycles. The Morgan fingerprint density at radius 1 is 0.917 bits per heavy atom. The van der Waals surface area contributed by atoms with Gasteiger partial charge in [0.2, 0.25) is 5.88 Å². The highest BCUT2D eigenvalue weighted by molar-refractivity contribution is 5.94. The Morgan fingerprint density at radius 2 is 1.67 bits per heavy atom. The van der Waals surface area contributed by atoms with Gasteiger partial charge in [0.25, 0.3) is 0 Å². The van der Waals surface area contributed by atoms with Gasteiger partial charge in [-0.15, -0.1) is 0 Å². The molecule has 0 aliphatic heterocycles. The van der Waals surface area contributed by atoms with Gasteiger partial charge in [-0.1, -0.05) is 18.2 Å². The molecule has 3 rings (SSSR count). The summed E-state index contributed by atoms with van der Waals surface area (Å²) in [6.07, 6.45) is -0.600. The third-order valence-corrected chi connectivity index (χ3v) is 3.41. The minimum atomic E-state index is -0.600. The van der Waals surface area contributed by atoms with Crippen molar-refractivity contribution >= 4 is 22.7 Å². The van der Waals surface area contributed by atoms with Crippen LogP contribution >= 0.6 is 0 Å². The number of hydrogen-bond acceptors (Lipinski definition) is 5. The third kappa shape index (κ3) is 3.22. The van der Waals surface area contributed by atoms with Gasteiger partial charge in [-0.2, -0.15) is 0 Å². The fraction of sp³-hybridized carbons (Fsp3) is 0.111. The Kier molecular flexibility index (Phi) is 4.47. The molecule has 2 aromatic carbocycles. The maximum Gasteiger partial charge on any atom is 0.417 e. The van der Waals surface area contributed by atoms with Gasteiger partial charge in [0.15, 0.2) is 5.75 Å². The molecule has 0 saturated carbocycles. The summed E-state index contributed by atoms with van der Waals surface area (Å²) in [6, 6.07) is 15.9. The van der Waals surface area contributed by atoms with Crippen molar-refractivity contribution < 1.29 is 19.0 Å². The fourth-order valence-electron chi connectivity index (χ4n) is 2.29. The van der Waals surface area contributed by atoms with E-state index in [9.17, 15) is 4.79 Å². The average molecular weight is 324 g/mol. The van der Waals surface area contributed by atoms with Crippen molar-refractivity contribution in [3.05, 3.63) is 54.6 Å². The zero-order valence-electron chi connectivity index (χ0n) is 13.3. The summed E-state index contributed by atoms with van der Waals surface area (Å²) in [5, 5.41) is 3.39. The number of ether oxygens (including phenoxy) is 3. The molecule has 1 N–H and O–H groups in total. The second kappa shape index (κ2) is 6.87. The second-order valence-electron chi connectivity index (χ2n) is 4.90. The van der Waals surface area contributed by atoms with Gasteiger partial charge in [0.1, 0.15) is 11.3 Å². The number of hydrogen-bond donors (Lipinski definition) is 1. The quantitative estimate of drug-likeness (QED) is 0.789. The number of nitrogens with one attached hydrogen (secondary N) is 1. The van der Waals surface area contributed by atoms with Crippen LogP contribution in [-0.4, -0.2) is 25.3 Å². The van der Waals surface area contributed by atoms with E-state index in [4.69, 9.17) is 14.2 Å². The lowest BCUT2D eigenvalue weighted by Gasteiger charge is -2.11. The van der Waals surface area contributed by atoms with Gasteiger partial charge in [0, 0.05) is 17.1 Å². The van der Waals surface area contributed by atoms with E-state index in [1.54, 1.807) is 37.4 Å². The van der Waals surface area contributed by atoms with Crippen molar-refractivity contribution in [1.82, 2.24) is 4.98 Å². The number of carbonyl (C=O) groups excluding carboxylic acids is 1. The lowest BCUT2D eigenvalue weighted by Crippen LogP contribution is -2.17. The molecule has 122 valence electrons. The van der Waals surface area contributed by atoms with E-state index in [-0.39, 0.29) is 0 Å². The molecule has 24 heavy (non-hydrogen) atoms. The van der Waals surface area contributed by atoms with Crippen molar-refractivity contribution in [2.24, 2.45) is 0 Å². The Bertz CT molecular complexity index is 866. The van der Waals surface area contributed by atoms with E-state index in [2.05, 4.69) is 10.3 Å². The Morgan fingerprint density at radius 3 is 2.38 bits per heavy atom. The number of carbonyl (C=O) groups is 1. The Balaban J connectivity index is 1.92. The third-order valence-electron chi connectivity index (χ3n) is 3.41. The fourth-order valence-corrected chi connectivity index (χ4v) is 2.29. The van der Waals surface area contributed by atoms with E-state index in [0.29, 0.717) is 28.6 Å². The number of nitrogens with zero attached hydrogens (tertiary/aromatic N) is 1. The van der Waals surface area contributed by atoms with E-state index < -0.39 is 6.09 Å². The summed E-state index contributed by atoms with van der Waals surface area (Å²) < 4.78 is 15.9. The Labute approximate surface area is 139 Å². The molecule has 0 fully saturated rings. The first-order valence-corrected chi connectivity index (χ1v) is 7.27. The number of rotatable bonds is 4. The summed E-state index contributed by atoms with van der Waals surface area (Å²) in [4.78, 5) is 16.5. The lowest BCUT2D eigenvalue weighted by molar-refractivity contribution is 0.215. The van der Waals surface area contributed by atoms with Crippen LogP contribution in [0.2, 0.25) is 0 Å². The molecule has 0 saturated heterocycles. The summed E-state index contributed by atoms with van der Waals surface area (Å²) in [5.74, 6) is 1.37. The standard InChI is InChI=1S/C18H16N2O4/c1-22-14-9-10-15(17-13(14)8-11-16(20-17)23-2)24-18(21)19-12-6-4-3-5-7-12/h3-11H,1-2H3,(H,19,21). The van der Waals surface area contributed by atoms with E-state index in [1.807, 2.05) is 24.3 Å². The van der Waals surface area contributed by atoms with Crippen LogP contribution in [0.3, 0.4) is 0 Å². The zero-order chi connectivity index (χ0) is 16.9. The molecule has 0 atom stereocenters. The molecule has 0 aliphatic rings. The van der Waals surface area contributed by atoms with Crippen molar-refractivity contribution in [3.8, 4) is 17.4 Å². The molecule has 6 nitrogen and oxygen atoms in total. The molecule has 0 bridgehead atoms. The monoisotopic (exact) mass is 324 g/mol. The summed E-state index contributed by atoms with van der Waals surface area (Å²) in [5.41, 5.74) is 1.13. The SMILES string of the molecule is COc1ccc2c(OC)ccc(OC(=O)Nc3ccccc3)c2n1. The topological polar surface area (TPSA) is 69.7 Å².